The lowest BCUT2D eigenvalue weighted by atomic mass is 9.95. The summed E-state index contributed by atoms with van der Waals surface area (Å²) in [5, 5.41) is 0. The van der Waals surface area contributed by atoms with Gasteiger partial charge in [0, 0.05) is 6.61 Å². The van der Waals surface area contributed by atoms with Crippen molar-refractivity contribution < 1.29 is 31.4 Å². The smallest absolute Gasteiger partial charge is 0.274 e. The maximum atomic E-state index is 14.5. The quantitative estimate of drug-likeness (QED) is 0.471. The van der Waals surface area contributed by atoms with Gasteiger partial charge in [-0.15, -0.1) is 0 Å². The highest BCUT2D eigenvalue weighted by atomic mass is 19.3. The van der Waals surface area contributed by atoms with Crippen LogP contribution < -0.4 is 4.74 Å². The van der Waals surface area contributed by atoms with Gasteiger partial charge >= 0.3 is 0 Å². The van der Waals surface area contributed by atoms with Crippen LogP contribution in [-0.2, 0) is 17.8 Å². The van der Waals surface area contributed by atoms with E-state index in [4.69, 9.17) is 9.47 Å². The molecule has 1 aliphatic rings. The van der Waals surface area contributed by atoms with E-state index in [1.807, 2.05) is 6.92 Å². The summed E-state index contributed by atoms with van der Waals surface area (Å²) in [6.45, 7) is 2.46. The van der Waals surface area contributed by atoms with Crippen LogP contribution in [0.4, 0.5) is 22.0 Å². The van der Waals surface area contributed by atoms with Crippen LogP contribution in [0.5, 0.6) is 5.75 Å². The summed E-state index contributed by atoms with van der Waals surface area (Å²) in [6, 6.07) is 4.58. The van der Waals surface area contributed by atoms with Crippen LogP contribution in [0, 0.1) is 17.5 Å². The largest absolute Gasteiger partial charge is 0.481 e. The Hall–Kier alpha value is -2.15. The number of aryl methyl sites for hydroxylation is 1. The minimum atomic E-state index is -2.73. The third-order valence-corrected chi connectivity index (χ3v) is 4.38. The lowest BCUT2D eigenvalue weighted by Crippen LogP contribution is -2.30. The molecule has 1 atom stereocenters. The molecule has 0 saturated carbocycles. The van der Waals surface area contributed by atoms with E-state index in [1.54, 1.807) is 0 Å². The molecule has 0 saturated heterocycles. The van der Waals surface area contributed by atoms with Gasteiger partial charge in [0.1, 0.15) is 11.6 Å². The first-order chi connectivity index (χ1) is 12.9. The predicted octanol–water partition coefficient (Wildman–Crippen LogP) is 5.66. The van der Waals surface area contributed by atoms with Crippen molar-refractivity contribution in [1.82, 2.24) is 0 Å². The molecule has 3 rings (SSSR count). The molecule has 0 radical (unpaired) electrons. The third kappa shape index (κ3) is 4.24. The van der Waals surface area contributed by atoms with Gasteiger partial charge in [0.05, 0.1) is 12.2 Å². The third-order valence-electron chi connectivity index (χ3n) is 4.38. The van der Waals surface area contributed by atoms with Gasteiger partial charge in [-0.3, -0.25) is 0 Å². The average molecular weight is 386 g/mol. The zero-order valence-corrected chi connectivity index (χ0v) is 14.7. The molecule has 2 nitrogen and oxygen atoms in total. The summed E-state index contributed by atoms with van der Waals surface area (Å²) in [5.41, 5.74) is 0.285. The molecule has 1 aliphatic heterocycles. The van der Waals surface area contributed by atoms with E-state index in [9.17, 15) is 22.0 Å². The maximum Gasteiger partial charge on any atom is 0.274 e. The molecule has 0 aromatic heterocycles. The van der Waals surface area contributed by atoms with Crippen molar-refractivity contribution in [1.29, 1.82) is 0 Å². The van der Waals surface area contributed by atoms with E-state index in [-0.39, 0.29) is 36.3 Å². The molecular weight excluding hydrogens is 367 g/mol. The number of rotatable bonds is 6. The van der Waals surface area contributed by atoms with Crippen LogP contribution in [0.15, 0.2) is 24.3 Å². The Morgan fingerprint density at radius 3 is 2.41 bits per heavy atom. The zero-order chi connectivity index (χ0) is 19.6. The Labute approximate surface area is 153 Å². The highest BCUT2D eigenvalue weighted by Gasteiger charge is 2.30. The first-order valence-corrected chi connectivity index (χ1v) is 8.74. The Balaban J connectivity index is 1.92. The second kappa shape index (κ2) is 8.25. The van der Waals surface area contributed by atoms with Crippen LogP contribution in [-0.4, -0.2) is 19.1 Å². The van der Waals surface area contributed by atoms with Gasteiger partial charge in [0.2, 0.25) is 0 Å². The van der Waals surface area contributed by atoms with Gasteiger partial charge in [-0.2, -0.15) is 0 Å². The SMILES string of the molecule is CCCOCc1cc(F)c(-c2cc(F)c3c(c2)CCC(C(F)F)O3)c(F)c1. The number of ether oxygens (including phenoxy) is 2. The Kier molecular flexibility index (Phi) is 5.99. The first-order valence-electron chi connectivity index (χ1n) is 8.74. The summed E-state index contributed by atoms with van der Waals surface area (Å²) in [5.74, 6) is -2.87. The Bertz CT molecular complexity index is 799. The van der Waals surface area contributed by atoms with Crippen LogP contribution >= 0.6 is 0 Å². The van der Waals surface area contributed by atoms with Gasteiger partial charge in [-0.25, -0.2) is 22.0 Å². The van der Waals surface area contributed by atoms with Gasteiger partial charge in [0.25, 0.3) is 6.43 Å². The number of alkyl halides is 2. The molecule has 2 aromatic rings. The summed E-state index contributed by atoms with van der Waals surface area (Å²) in [4.78, 5) is 0. The number of halogens is 5. The number of benzene rings is 2. The Morgan fingerprint density at radius 2 is 1.78 bits per heavy atom. The molecular formula is C20H19F5O2. The fraction of sp³-hybridized carbons (Fsp3) is 0.400. The van der Waals surface area contributed by atoms with Gasteiger partial charge in [0.15, 0.2) is 17.7 Å². The van der Waals surface area contributed by atoms with Crippen LogP contribution in [0.25, 0.3) is 11.1 Å². The summed E-state index contributed by atoms with van der Waals surface area (Å²) in [7, 11) is 0. The Morgan fingerprint density at radius 1 is 1.07 bits per heavy atom. The van der Waals surface area contributed by atoms with Crippen molar-refractivity contribution in [3.8, 4) is 16.9 Å². The number of hydrogen-bond acceptors (Lipinski definition) is 2. The van der Waals surface area contributed by atoms with Crippen LogP contribution in [0.3, 0.4) is 0 Å². The van der Waals surface area contributed by atoms with E-state index in [0.717, 1.165) is 24.6 Å². The molecule has 27 heavy (non-hydrogen) atoms. The average Bonchev–Trinajstić information content (AvgIpc) is 2.61. The molecule has 1 heterocycles. The topological polar surface area (TPSA) is 18.5 Å². The van der Waals surface area contributed by atoms with Crippen molar-refractivity contribution in [2.75, 3.05) is 6.61 Å². The minimum absolute atomic E-state index is 0.00127. The van der Waals surface area contributed by atoms with Crippen LogP contribution in [0.1, 0.15) is 30.9 Å². The second-order valence-corrected chi connectivity index (χ2v) is 6.46. The molecule has 2 aromatic carbocycles. The molecule has 0 amide bonds. The van der Waals surface area contributed by atoms with Crippen molar-refractivity contribution in [3.05, 3.63) is 52.8 Å². The van der Waals surface area contributed by atoms with Gasteiger partial charge in [-0.1, -0.05) is 6.92 Å². The minimum Gasteiger partial charge on any atom is -0.481 e. The highest BCUT2D eigenvalue weighted by molar-refractivity contribution is 5.68. The van der Waals surface area contributed by atoms with E-state index < -0.39 is 30.0 Å². The molecule has 0 spiro atoms. The molecule has 1 unspecified atom stereocenters. The second-order valence-electron chi connectivity index (χ2n) is 6.46. The lowest BCUT2D eigenvalue weighted by Gasteiger charge is -2.26. The van der Waals surface area contributed by atoms with Crippen molar-refractivity contribution >= 4 is 0 Å². The van der Waals surface area contributed by atoms with Gasteiger partial charge < -0.3 is 9.47 Å². The maximum absolute atomic E-state index is 14.5. The highest BCUT2D eigenvalue weighted by Crippen LogP contribution is 2.37. The number of fused-ring (bicyclic) bond motifs is 1. The molecule has 7 heteroatoms. The van der Waals surface area contributed by atoms with Crippen molar-refractivity contribution in [2.24, 2.45) is 0 Å². The summed E-state index contributed by atoms with van der Waals surface area (Å²) >= 11 is 0. The van der Waals surface area contributed by atoms with Crippen molar-refractivity contribution in [3.63, 3.8) is 0 Å². The summed E-state index contributed by atoms with van der Waals surface area (Å²) in [6.07, 6.45) is -3.18. The lowest BCUT2D eigenvalue weighted by molar-refractivity contribution is -0.00155. The van der Waals surface area contributed by atoms with E-state index in [2.05, 4.69) is 0 Å². The molecule has 0 bridgehead atoms. The molecule has 0 N–H and O–H groups in total. The molecule has 0 aliphatic carbocycles. The zero-order valence-electron chi connectivity index (χ0n) is 14.7. The first kappa shape index (κ1) is 19.6. The van der Waals surface area contributed by atoms with E-state index in [0.29, 0.717) is 17.7 Å². The van der Waals surface area contributed by atoms with E-state index in [1.165, 1.54) is 6.07 Å². The van der Waals surface area contributed by atoms with Gasteiger partial charge in [-0.05, 0) is 60.2 Å². The normalized spacial score (nSPS) is 16.3. The molecule has 146 valence electrons. The predicted molar refractivity (Wildman–Crippen MR) is 90.4 cm³/mol. The fourth-order valence-corrected chi connectivity index (χ4v) is 3.12. The monoisotopic (exact) mass is 386 g/mol. The van der Waals surface area contributed by atoms with Crippen LogP contribution in [0.2, 0.25) is 0 Å². The van der Waals surface area contributed by atoms with Crippen molar-refractivity contribution in [2.45, 2.75) is 45.3 Å². The van der Waals surface area contributed by atoms with E-state index >= 15 is 0 Å². The number of hydrogen-bond donors (Lipinski definition) is 0. The molecule has 0 fully saturated rings. The fourth-order valence-electron chi connectivity index (χ4n) is 3.12. The summed E-state index contributed by atoms with van der Waals surface area (Å²) < 4.78 is 79.2. The standard InChI is InChI=1S/C20H19F5O2/c1-2-5-26-10-11-6-14(21)18(15(22)7-11)13-8-12-3-4-17(20(24)25)27-19(12)16(23)9-13/h6-9,17,20H,2-5,10H2,1H3.